The molecule has 0 saturated carbocycles. The molecule has 0 fully saturated rings. The molecule has 20 heavy (non-hydrogen) atoms. The standard InChI is InChI=1S/C14H11Cl2NO3/c15-8-10-4-5-14(13(16)7-10)20-9-11-2-1-3-12(6-11)17(18)19/h1-7H,8-9H2. The Hall–Kier alpha value is -1.78. The zero-order valence-corrected chi connectivity index (χ0v) is 11.9. The molecule has 0 bridgehead atoms. The van der Waals surface area contributed by atoms with Gasteiger partial charge in [-0.2, -0.15) is 0 Å². The molecular formula is C14H11Cl2NO3. The fourth-order valence-electron chi connectivity index (χ4n) is 1.67. The van der Waals surface area contributed by atoms with Crippen LogP contribution in [0.25, 0.3) is 0 Å². The number of halogens is 2. The van der Waals surface area contributed by atoms with E-state index in [9.17, 15) is 10.1 Å². The number of nitro groups is 1. The Balaban J connectivity index is 2.09. The van der Waals surface area contributed by atoms with Crippen molar-refractivity contribution in [2.45, 2.75) is 12.5 Å². The van der Waals surface area contributed by atoms with Crippen LogP contribution >= 0.6 is 23.2 Å². The fraction of sp³-hybridized carbons (Fsp3) is 0.143. The summed E-state index contributed by atoms with van der Waals surface area (Å²) in [5.41, 5.74) is 1.64. The molecule has 0 aliphatic heterocycles. The third-order valence-corrected chi connectivity index (χ3v) is 3.27. The summed E-state index contributed by atoms with van der Waals surface area (Å²) in [6.45, 7) is 0.210. The van der Waals surface area contributed by atoms with Gasteiger partial charge in [0.15, 0.2) is 0 Å². The van der Waals surface area contributed by atoms with Crippen molar-refractivity contribution in [1.29, 1.82) is 0 Å². The van der Waals surface area contributed by atoms with E-state index in [1.165, 1.54) is 12.1 Å². The van der Waals surface area contributed by atoms with E-state index in [2.05, 4.69) is 0 Å². The number of hydrogen-bond donors (Lipinski definition) is 0. The lowest BCUT2D eigenvalue weighted by atomic mass is 10.2. The SMILES string of the molecule is O=[N+]([O-])c1cccc(COc2ccc(CCl)cc2Cl)c1. The maximum absolute atomic E-state index is 10.7. The largest absolute Gasteiger partial charge is 0.487 e. The summed E-state index contributed by atoms with van der Waals surface area (Å²) in [6.07, 6.45) is 0. The lowest BCUT2D eigenvalue weighted by Crippen LogP contribution is -1.97. The molecule has 6 heteroatoms. The van der Waals surface area contributed by atoms with Gasteiger partial charge in [0.25, 0.3) is 5.69 Å². The number of nitro benzene ring substituents is 1. The molecule has 104 valence electrons. The zero-order valence-electron chi connectivity index (χ0n) is 10.4. The van der Waals surface area contributed by atoms with Crippen LogP contribution in [0.1, 0.15) is 11.1 Å². The summed E-state index contributed by atoms with van der Waals surface area (Å²) in [4.78, 5) is 10.2. The Morgan fingerprint density at radius 1 is 1.15 bits per heavy atom. The smallest absolute Gasteiger partial charge is 0.269 e. The third-order valence-electron chi connectivity index (χ3n) is 2.67. The summed E-state index contributed by atoms with van der Waals surface area (Å²) in [5.74, 6) is 0.900. The van der Waals surface area contributed by atoms with Crippen molar-refractivity contribution in [3.63, 3.8) is 0 Å². The van der Waals surface area contributed by atoms with Crippen molar-refractivity contribution < 1.29 is 9.66 Å². The molecule has 0 saturated heterocycles. The minimum atomic E-state index is -0.439. The summed E-state index contributed by atoms with van der Waals surface area (Å²) in [7, 11) is 0. The number of ether oxygens (including phenoxy) is 1. The molecule has 0 radical (unpaired) electrons. The highest BCUT2D eigenvalue weighted by Gasteiger charge is 2.07. The average Bonchev–Trinajstić information content (AvgIpc) is 2.46. The lowest BCUT2D eigenvalue weighted by molar-refractivity contribution is -0.384. The number of alkyl halides is 1. The van der Waals surface area contributed by atoms with E-state index >= 15 is 0 Å². The van der Waals surface area contributed by atoms with Gasteiger partial charge in [0, 0.05) is 18.0 Å². The molecule has 0 amide bonds. The quantitative estimate of drug-likeness (QED) is 0.462. The first-order chi connectivity index (χ1) is 9.60. The van der Waals surface area contributed by atoms with E-state index < -0.39 is 4.92 Å². The molecule has 2 aromatic carbocycles. The molecule has 0 heterocycles. The highest BCUT2D eigenvalue weighted by Crippen LogP contribution is 2.27. The first kappa shape index (κ1) is 14.6. The number of hydrogen-bond acceptors (Lipinski definition) is 3. The molecular weight excluding hydrogens is 301 g/mol. The number of non-ortho nitro benzene ring substituents is 1. The van der Waals surface area contributed by atoms with Crippen LogP contribution in [-0.4, -0.2) is 4.92 Å². The first-order valence-electron chi connectivity index (χ1n) is 5.80. The number of nitrogens with zero attached hydrogens (tertiary/aromatic N) is 1. The molecule has 0 aliphatic carbocycles. The van der Waals surface area contributed by atoms with E-state index in [0.717, 1.165) is 5.56 Å². The Kier molecular flexibility index (Phi) is 4.82. The van der Waals surface area contributed by atoms with Crippen molar-refractivity contribution in [1.82, 2.24) is 0 Å². The van der Waals surface area contributed by atoms with Gasteiger partial charge in [-0.15, -0.1) is 11.6 Å². The van der Waals surface area contributed by atoms with Gasteiger partial charge in [-0.05, 0) is 23.3 Å². The van der Waals surface area contributed by atoms with Crippen LogP contribution in [0.3, 0.4) is 0 Å². The van der Waals surface area contributed by atoms with Crippen molar-refractivity contribution >= 4 is 28.9 Å². The Morgan fingerprint density at radius 3 is 2.60 bits per heavy atom. The van der Waals surface area contributed by atoms with Crippen LogP contribution in [-0.2, 0) is 12.5 Å². The molecule has 0 spiro atoms. The van der Waals surface area contributed by atoms with Crippen molar-refractivity contribution in [2.75, 3.05) is 0 Å². The molecule has 0 N–H and O–H groups in total. The lowest BCUT2D eigenvalue weighted by Gasteiger charge is -2.09. The number of benzene rings is 2. The van der Waals surface area contributed by atoms with Crippen LogP contribution in [0.4, 0.5) is 5.69 Å². The molecule has 0 unspecified atom stereocenters. The van der Waals surface area contributed by atoms with Crippen molar-refractivity contribution in [2.24, 2.45) is 0 Å². The predicted octanol–water partition coefficient (Wildman–Crippen LogP) is 4.57. The van der Waals surface area contributed by atoms with Crippen molar-refractivity contribution in [3.05, 3.63) is 68.7 Å². The Morgan fingerprint density at radius 2 is 1.95 bits per heavy atom. The summed E-state index contributed by atoms with van der Waals surface area (Å²) in [6, 6.07) is 11.6. The van der Waals surface area contributed by atoms with Gasteiger partial charge in [-0.1, -0.05) is 29.8 Å². The van der Waals surface area contributed by atoms with E-state index in [4.69, 9.17) is 27.9 Å². The van der Waals surface area contributed by atoms with E-state index in [1.54, 1.807) is 24.3 Å². The van der Waals surface area contributed by atoms with Gasteiger partial charge in [0.1, 0.15) is 12.4 Å². The van der Waals surface area contributed by atoms with Crippen LogP contribution in [0.15, 0.2) is 42.5 Å². The highest BCUT2D eigenvalue weighted by atomic mass is 35.5. The highest BCUT2D eigenvalue weighted by molar-refractivity contribution is 6.32. The zero-order chi connectivity index (χ0) is 14.5. The second-order valence-corrected chi connectivity index (χ2v) is 4.79. The molecule has 0 aromatic heterocycles. The maximum atomic E-state index is 10.7. The average molecular weight is 312 g/mol. The van der Waals surface area contributed by atoms with Crippen LogP contribution in [0, 0.1) is 10.1 Å². The van der Waals surface area contributed by atoms with Crippen LogP contribution < -0.4 is 4.74 Å². The molecule has 2 rings (SSSR count). The van der Waals surface area contributed by atoms with E-state index in [1.807, 2.05) is 6.07 Å². The Labute approximate surface area is 126 Å². The molecule has 0 atom stereocenters. The summed E-state index contributed by atoms with van der Waals surface area (Å²) in [5, 5.41) is 11.1. The third kappa shape index (κ3) is 3.62. The van der Waals surface area contributed by atoms with Gasteiger partial charge < -0.3 is 4.74 Å². The van der Waals surface area contributed by atoms with Gasteiger partial charge in [0.2, 0.25) is 0 Å². The van der Waals surface area contributed by atoms with Gasteiger partial charge in [-0.3, -0.25) is 10.1 Å². The molecule has 2 aromatic rings. The van der Waals surface area contributed by atoms with E-state index in [0.29, 0.717) is 22.2 Å². The topological polar surface area (TPSA) is 52.4 Å². The van der Waals surface area contributed by atoms with Gasteiger partial charge >= 0.3 is 0 Å². The normalized spacial score (nSPS) is 10.3. The van der Waals surface area contributed by atoms with Gasteiger partial charge in [-0.25, -0.2) is 0 Å². The second kappa shape index (κ2) is 6.59. The Bertz CT molecular complexity index is 632. The molecule has 0 aliphatic rings. The second-order valence-electron chi connectivity index (χ2n) is 4.11. The van der Waals surface area contributed by atoms with Crippen LogP contribution in [0.2, 0.25) is 5.02 Å². The minimum absolute atomic E-state index is 0.0367. The van der Waals surface area contributed by atoms with Crippen molar-refractivity contribution in [3.8, 4) is 5.75 Å². The monoisotopic (exact) mass is 311 g/mol. The predicted molar refractivity (Wildman–Crippen MR) is 78.4 cm³/mol. The molecule has 4 nitrogen and oxygen atoms in total. The summed E-state index contributed by atoms with van der Waals surface area (Å²) >= 11 is 11.8. The number of rotatable bonds is 5. The maximum Gasteiger partial charge on any atom is 0.269 e. The minimum Gasteiger partial charge on any atom is -0.487 e. The van der Waals surface area contributed by atoms with E-state index in [-0.39, 0.29) is 12.3 Å². The summed E-state index contributed by atoms with van der Waals surface area (Å²) < 4.78 is 5.56. The first-order valence-corrected chi connectivity index (χ1v) is 6.72. The van der Waals surface area contributed by atoms with Gasteiger partial charge in [0.05, 0.1) is 9.95 Å². The van der Waals surface area contributed by atoms with Crippen LogP contribution in [0.5, 0.6) is 5.75 Å². The fourth-order valence-corrected chi connectivity index (χ4v) is 2.09.